The summed E-state index contributed by atoms with van der Waals surface area (Å²) in [5, 5.41) is 11.6. The number of nitrogens with zero attached hydrogens (tertiary/aromatic N) is 2. The lowest BCUT2D eigenvalue weighted by Gasteiger charge is -2.29. The molecule has 0 aromatic heterocycles. The molecule has 0 amide bonds. The van der Waals surface area contributed by atoms with Crippen molar-refractivity contribution in [1.82, 2.24) is 9.80 Å². The molecule has 4 nitrogen and oxygen atoms in total. The van der Waals surface area contributed by atoms with Gasteiger partial charge in [0.15, 0.2) is 0 Å². The van der Waals surface area contributed by atoms with E-state index in [-0.39, 0.29) is 6.54 Å². The summed E-state index contributed by atoms with van der Waals surface area (Å²) in [6, 6.07) is 16.0. The molecule has 0 bridgehead atoms. The Morgan fingerprint density at radius 1 is 1.20 bits per heavy atom. The highest BCUT2D eigenvalue weighted by molar-refractivity contribution is 5.83. The first-order chi connectivity index (χ1) is 12.0. The zero-order chi connectivity index (χ0) is 17.8. The molecule has 2 unspecified atom stereocenters. The molecule has 1 saturated heterocycles. The Labute approximate surface area is 150 Å². The predicted octanol–water partition coefficient (Wildman–Crippen LogP) is 3.77. The van der Waals surface area contributed by atoms with Gasteiger partial charge in [0.1, 0.15) is 0 Å². The average Bonchev–Trinajstić information content (AvgIpc) is 2.86. The van der Waals surface area contributed by atoms with Gasteiger partial charge in [-0.25, -0.2) is 0 Å². The van der Waals surface area contributed by atoms with Crippen LogP contribution in [-0.4, -0.2) is 53.6 Å². The van der Waals surface area contributed by atoms with Crippen molar-refractivity contribution < 1.29 is 9.90 Å². The molecule has 2 atom stereocenters. The highest BCUT2D eigenvalue weighted by Gasteiger charge is 2.24. The van der Waals surface area contributed by atoms with Crippen LogP contribution in [0.25, 0.3) is 10.8 Å². The maximum absolute atomic E-state index is 11.0. The second kappa shape index (κ2) is 7.98. The van der Waals surface area contributed by atoms with E-state index in [2.05, 4.69) is 54.3 Å². The quantitative estimate of drug-likeness (QED) is 0.900. The molecule has 1 fully saturated rings. The lowest BCUT2D eigenvalue weighted by atomic mass is 10.0. The summed E-state index contributed by atoms with van der Waals surface area (Å²) in [6.45, 7) is 4.50. The number of hydrogen-bond donors (Lipinski definition) is 1. The van der Waals surface area contributed by atoms with Crippen molar-refractivity contribution in [3.63, 3.8) is 0 Å². The van der Waals surface area contributed by atoms with Crippen molar-refractivity contribution >= 4 is 16.7 Å². The van der Waals surface area contributed by atoms with Crippen LogP contribution in [0.1, 0.15) is 37.8 Å². The first-order valence-corrected chi connectivity index (χ1v) is 9.19. The lowest BCUT2D eigenvalue weighted by Crippen LogP contribution is -2.36. The van der Waals surface area contributed by atoms with E-state index >= 15 is 0 Å². The molecule has 2 aromatic rings. The van der Waals surface area contributed by atoms with Crippen LogP contribution >= 0.6 is 0 Å². The smallest absolute Gasteiger partial charge is 0.317 e. The topological polar surface area (TPSA) is 43.8 Å². The van der Waals surface area contributed by atoms with Crippen molar-refractivity contribution in [3.05, 3.63) is 48.0 Å². The Morgan fingerprint density at radius 3 is 2.72 bits per heavy atom. The van der Waals surface area contributed by atoms with Crippen LogP contribution in [0.4, 0.5) is 0 Å². The molecule has 0 spiro atoms. The Balaban J connectivity index is 1.67. The minimum atomic E-state index is -0.742. The highest BCUT2D eigenvalue weighted by Crippen LogP contribution is 2.27. The minimum Gasteiger partial charge on any atom is -0.480 e. The molecular formula is C21H28N2O2. The van der Waals surface area contributed by atoms with E-state index in [0.717, 1.165) is 32.4 Å². The summed E-state index contributed by atoms with van der Waals surface area (Å²) >= 11 is 0. The van der Waals surface area contributed by atoms with Crippen LogP contribution < -0.4 is 0 Å². The van der Waals surface area contributed by atoms with Crippen molar-refractivity contribution in [2.45, 2.75) is 38.3 Å². The molecule has 0 aliphatic carbocycles. The van der Waals surface area contributed by atoms with Crippen LogP contribution in [0, 0.1) is 0 Å². The van der Waals surface area contributed by atoms with Gasteiger partial charge in [-0.05, 0) is 62.2 Å². The summed E-state index contributed by atoms with van der Waals surface area (Å²) in [5.41, 5.74) is 1.36. The van der Waals surface area contributed by atoms with Crippen molar-refractivity contribution in [3.8, 4) is 0 Å². The van der Waals surface area contributed by atoms with Gasteiger partial charge >= 0.3 is 5.97 Å². The summed E-state index contributed by atoms with van der Waals surface area (Å²) in [7, 11) is 1.93. The maximum atomic E-state index is 11.0. The Bertz CT molecular complexity index is 731. The van der Waals surface area contributed by atoms with Crippen molar-refractivity contribution in [2.24, 2.45) is 0 Å². The van der Waals surface area contributed by atoms with E-state index in [0.29, 0.717) is 12.1 Å². The zero-order valence-electron chi connectivity index (χ0n) is 15.2. The van der Waals surface area contributed by atoms with E-state index in [9.17, 15) is 4.79 Å². The SMILES string of the molecule is CC(c1ccc2ccccc2c1)N1CCCC(N(C)CC(=O)O)CC1. The second-order valence-corrected chi connectivity index (χ2v) is 7.21. The highest BCUT2D eigenvalue weighted by atomic mass is 16.4. The largest absolute Gasteiger partial charge is 0.480 e. The van der Waals surface area contributed by atoms with E-state index in [1.165, 1.54) is 16.3 Å². The summed E-state index contributed by atoms with van der Waals surface area (Å²) in [5.74, 6) is -0.742. The molecular weight excluding hydrogens is 312 g/mol. The van der Waals surface area contributed by atoms with Crippen LogP contribution in [0.2, 0.25) is 0 Å². The van der Waals surface area contributed by atoms with E-state index in [4.69, 9.17) is 5.11 Å². The van der Waals surface area contributed by atoms with E-state index in [1.807, 2.05) is 11.9 Å². The molecule has 1 heterocycles. The lowest BCUT2D eigenvalue weighted by molar-refractivity contribution is -0.138. The predicted molar refractivity (Wildman–Crippen MR) is 102 cm³/mol. The van der Waals surface area contributed by atoms with Gasteiger partial charge in [0.25, 0.3) is 0 Å². The Kier molecular flexibility index (Phi) is 5.71. The number of carboxylic acids is 1. The normalized spacial score (nSPS) is 20.5. The molecule has 1 aliphatic heterocycles. The molecule has 25 heavy (non-hydrogen) atoms. The first-order valence-electron chi connectivity index (χ1n) is 9.19. The first kappa shape index (κ1) is 17.9. The van der Waals surface area contributed by atoms with Crippen LogP contribution in [0.3, 0.4) is 0 Å². The number of carboxylic acid groups (broad SMARTS) is 1. The number of likely N-dealkylation sites (tertiary alicyclic amines) is 1. The number of aliphatic carboxylic acids is 1. The number of benzene rings is 2. The summed E-state index contributed by atoms with van der Waals surface area (Å²) in [6.07, 6.45) is 3.22. The van der Waals surface area contributed by atoms with Gasteiger partial charge in [-0.2, -0.15) is 0 Å². The maximum Gasteiger partial charge on any atom is 0.317 e. The number of carbonyl (C=O) groups is 1. The van der Waals surface area contributed by atoms with E-state index in [1.54, 1.807) is 0 Å². The molecule has 134 valence electrons. The number of likely N-dealkylation sites (N-methyl/N-ethyl adjacent to an activating group) is 1. The van der Waals surface area contributed by atoms with Gasteiger partial charge in [0.05, 0.1) is 6.54 Å². The zero-order valence-corrected chi connectivity index (χ0v) is 15.2. The van der Waals surface area contributed by atoms with Gasteiger partial charge in [-0.15, -0.1) is 0 Å². The molecule has 4 heteroatoms. The second-order valence-electron chi connectivity index (χ2n) is 7.21. The average molecular weight is 340 g/mol. The third-order valence-corrected chi connectivity index (χ3v) is 5.54. The van der Waals surface area contributed by atoms with Crippen LogP contribution in [0.15, 0.2) is 42.5 Å². The van der Waals surface area contributed by atoms with Gasteiger partial charge in [-0.1, -0.05) is 36.4 Å². The molecule has 0 saturated carbocycles. The summed E-state index contributed by atoms with van der Waals surface area (Å²) in [4.78, 5) is 15.5. The number of hydrogen-bond acceptors (Lipinski definition) is 3. The van der Waals surface area contributed by atoms with Crippen LogP contribution in [-0.2, 0) is 4.79 Å². The van der Waals surface area contributed by atoms with Crippen molar-refractivity contribution in [1.29, 1.82) is 0 Å². The molecule has 1 aliphatic rings. The van der Waals surface area contributed by atoms with Gasteiger partial charge in [-0.3, -0.25) is 14.6 Å². The van der Waals surface area contributed by atoms with Gasteiger partial charge in [0, 0.05) is 18.6 Å². The Morgan fingerprint density at radius 2 is 1.96 bits per heavy atom. The Hall–Kier alpha value is -1.91. The molecule has 2 aromatic carbocycles. The fraction of sp³-hybridized carbons (Fsp3) is 0.476. The molecule has 0 radical (unpaired) electrons. The van der Waals surface area contributed by atoms with Gasteiger partial charge < -0.3 is 5.11 Å². The molecule has 3 rings (SSSR count). The third kappa shape index (κ3) is 4.39. The fourth-order valence-corrected chi connectivity index (χ4v) is 3.95. The fourth-order valence-electron chi connectivity index (χ4n) is 3.95. The molecule has 1 N–H and O–H groups in total. The standard InChI is InChI=1S/C21H28N2O2/c1-16(18-10-9-17-6-3-4-7-19(17)14-18)23-12-5-8-20(11-13-23)22(2)15-21(24)25/h3-4,6-7,9-10,14,16,20H,5,8,11-13,15H2,1-2H3,(H,24,25). The third-order valence-electron chi connectivity index (χ3n) is 5.54. The van der Waals surface area contributed by atoms with Gasteiger partial charge in [0.2, 0.25) is 0 Å². The minimum absolute atomic E-state index is 0.130. The van der Waals surface area contributed by atoms with Crippen molar-refractivity contribution in [2.75, 3.05) is 26.7 Å². The number of fused-ring (bicyclic) bond motifs is 1. The monoisotopic (exact) mass is 340 g/mol. The number of rotatable bonds is 5. The van der Waals surface area contributed by atoms with Crippen LogP contribution in [0.5, 0.6) is 0 Å². The summed E-state index contributed by atoms with van der Waals surface area (Å²) < 4.78 is 0. The van der Waals surface area contributed by atoms with E-state index < -0.39 is 5.97 Å².